The van der Waals surface area contributed by atoms with Gasteiger partial charge in [0.05, 0.1) is 11.3 Å². The number of nitrogens with two attached hydrogens (primary N) is 1. The molecule has 0 saturated heterocycles. The summed E-state index contributed by atoms with van der Waals surface area (Å²) < 4.78 is 5.08. The number of amides is 2. The first-order chi connectivity index (χ1) is 14.0. The maximum Gasteiger partial charge on any atom is 0.316 e. The van der Waals surface area contributed by atoms with Gasteiger partial charge in [-0.05, 0) is 67.3 Å². The smallest absolute Gasteiger partial charge is 0.316 e. The van der Waals surface area contributed by atoms with E-state index in [-0.39, 0.29) is 12.4 Å². The molecule has 2 aliphatic carbocycles. The number of nitrogens with one attached hydrogen (secondary N) is 1. The minimum absolute atomic E-state index is 0.145. The number of rotatable bonds is 7. The van der Waals surface area contributed by atoms with Crippen molar-refractivity contribution in [3.8, 4) is 0 Å². The molecule has 0 saturated carbocycles. The van der Waals surface area contributed by atoms with Crippen molar-refractivity contribution in [2.75, 3.05) is 17.7 Å². The number of esters is 1. The molecule has 0 spiro atoms. The molecule has 0 bridgehead atoms. The third kappa shape index (κ3) is 4.48. The van der Waals surface area contributed by atoms with E-state index in [1.807, 2.05) is 6.07 Å². The number of benzene rings is 1. The van der Waals surface area contributed by atoms with E-state index in [2.05, 4.69) is 17.4 Å². The zero-order valence-electron chi connectivity index (χ0n) is 15.9. The second-order valence-corrected chi connectivity index (χ2v) is 9.36. The topological polar surface area (TPSA) is 98.5 Å². The summed E-state index contributed by atoms with van der Waals surface area (Å²) in [5.41, 5.74) is 9.58. The Hall–Kier alpha value is -2.32. The maximum absolute atomic E-state index is 12.2. The van der Waals surface area contributed by atoms with Gasteiger partial charge < -0.3 is 15.8 Å². The Morgan fingerprint density at radius 3 is 2.72 bits per heavy atom. The Kier molecular flexibility index (Phi) is 5.91. The fourth-order valence-corrected chi connectivity index (χ4v) is 5.95. The maximum atomic E-state index is 12.2. The van der Waals surface area contributed by atoms with Crippen LogP contribution in [0, 0.1) is 0 Å². The molecule has 4 rings (SSSR count). The molecule has 0 fully saturated rings. The summed E-state index contributed by atoms with van der Waals surface area (Å²) in [6.45, 7) is -0.385. The number of ether oxygens (including phenoxy) is 1. The van der Waals surface area contributed by atoms with Gasteiger partial charge in [-0.2, -0.15) is 0 Å². The number of carbonyl (C=O) groups excluding carboxylic acids is 3. The van der Waals surface area contributed by atoms with Gasteiger partial charge in [-0.15, -0.1) is 23.1 Å². The van der Waals surface area contributed by atoms with Crippen LogP contribution in [0.4, 0.5) is 5.00 Å². The average Bonchev–Trinajstić information content (AvgIpc) is 3.39. The lowest BCUT2D eigenvalue weighted by Gasteiger charge is -2.08. The van der Waals surface area contributed by atoms with Crippen LogP contribution in [0.25, 0.3) is 0 Å². The number of carbonyl (C=O) groups is 3. The van der Waals surface area contributed by atoms with Crippen molar-refractivity contribution < 1.29 is 19.1 Å². The quantitative estimate of drug-likeness (QED) is 0.520. The molecule has 0 radical (unpaired) electrons. The zero-order chi connectivity index (χ0) is 20.4. The first-order valence-electron chi connectivity index (χ1n) is 9.65. The molecule has 2 aliphatic rings. The molecule has 3 N–H and O–H groups in total. The van der Waals surface area contributed by atoms with E-state index in [1.54, 1.807) is 0 Å². The van der Waals surface area contributed by atoms with E-state index in [0.29, 0.717) is 10.6 Å². The normalized spacial score (nSPS) is 14.3. The number of thiophene rings is 1. The zero-order valence-corrected chi connectivity index (χ0v) is 17.5. The number of aryl methyl sites for hydroxylation is 3. The molecule has 2 aromatic rings. The van der Waals surface area contributed by atoms with Crippen molar-refractivity contribution in [2.24, 2.45) is 5.73 Å². The van der Waals surface area contributed by atoms with Crippen LogP contribution in [-0.2, 0) is 40.0 Å². The lowest BCUT2D eigenvalue weighted by atomic mass is 10.1. The molecule has 1 aromatic heterocycles. The van der Waals surface area contributed by atoms with Gasteiger partial charge in [0.25, 0.3) is 11.8 Å². The Balaban J connectivity index is 1.27. The Morgan fingerprint density at radius 1 is 1.10 bits per heavy atom. The fraction of sp³-hybridized carbons (Fsp3) is 0.381. The Bertz CT molecular complexity index is 983. The van der Waals surface area contributed by atoms with Crippen LogP contribution in [0.5, 0.6) is 0 Å². The predicted octanol–water partition coefficient (Wildman–Crippen LogP) is 3.10. The van der Waals surface area contributed by atoms with Crippen LogP contribution in [0.3, 0.4) is 0 Å². The molecular weight excluding hydrogens is 408 g/mol. The van der Waals surface area contributed by atoms with Crippen molar-refractivity contribution in [2.45, 2.75) is 43.4 Å². The third-order valence-electron chi connectivity index (χ3n) is 5.21. The Labute approximate surface area is 177 Å². The summed E-state index contributed by atoms with van der Waals surface area (Å²) in [4.78, 5) is 38.1. The average molecular weight is 431 g/mol. The van der Waals surface area contributed by atoms with Crippen molar-refractivity contribution in [1.29, 1.82) is 0 Å². The van der Waals surface area contributed by atoms with E-state index in [4.69, 9.17) is 10.5 Å². The van der Waals surface area contributed by atoms with Crippen molar-refractivity contribution >= 4 is 45.9 Å². The number of thioether (sulfide) groups is 1. The van der Waals surface area contributed by atoms with Crippen molar-refractivity contribution in [3.05, 3.63) is 45.3 Å². The molecule has 1 aromatic carbocycles. The number of fused-ring (bicyclic) bond motifs is 2. The summed E-state index contributed by atoms with van der Waals surface area (Å²) in [7, 11) is 0. The molecular formula is C21H22N2O4S2. The third-order valence-corrected chi connectivity index (χ3v) is 7.39. The molecule has 0 aliphatic heterocycles. The first-order valence-corrected chi connectivity index (χ1v) is 11.5. The van der Waals surface area contributed by atoms with Crippen molar-refractivity contribution in [1.82, 2.24) is 0 Å². The number of anilines is 1. The highest BCUT2D eigenvalue weighted by molar-refractivity contribution is 8.00. The SMILES string of the molecule is NC(=O)c1c(NC(=O)COC(=O)CSc2ccc3c(c2)CCC3)sc2c1CCC2. The van der Waals surface area contributed by atoms with Crippen LogP contribution in [0.15, 0.2) is 23.1 Å². The fourth-order valence-electron chi connectivity index (χ4n) is 3.88. The summed E-state index contributed by atoms with van der Waals surface area (Å²) in [6.07, 6.45) is 6.09. The summed E-state index contributed by atoms with van der Waals surface area (Å²) >= 11 is 2.79. The van der Waals surface area contributed by atoms with E-state index >= 15 is 0 Å². The largest absolute Gasteiger partial charge is 0.455 e. The minimum atomic E-state index is -0.539. The Morgan fingerprint density at radius 2 is 1.90 bits per heavy atom. The number of primary amides is 1. The van der Waals surface area contributed by atoms with E-state index in [1.165, 1.54) is 40.6 Å². The van der Waals surface area contributed by atoms with Gasteiger partial charge in [-0.25, -0.2) is 0 Å². The lowest BCUT2D eigenvalue weighted by molar-refractivity contribution is -0.144. The van der Waals surface area contributed by atoms with Gasteiger partial charge in [0, 0.05) is 9.77 Å². The molecule has 2 amide bonds. The van der Waals surface area contributed by atoms with Gasteiger partial charge in [0.1, 0.15) is 5.00 Å². The van der Waals surface area contributed by atoms with Crippen LogP contribution >= 0.6 is 23.1 Å². The summed E-state index contributed by atoms with van der Waals surface area (Å²) in [6, 6.07) is 6.28. The second-order valence-electron chi connectivity index (χ2n) is 7.21. The molecule has 0 atom stereocenters. The van der Waals surface area contributed by atoms with Crippen LogP contribution in [0.2, 0.25) is 0 Å². The van der Waals surface area contributed by atoms with Gasteiger partial charge >= 0.3 is 5.97 Å². The van der Waals surface area contributed by atoms with Crippen LogP contribution < -0.4 is 11.1 Å². The van der Waals surface area contributed by atoms with E-state index in [0.717, 1.165) is 47.4 Å². The molecule has 29 heavy (non-hydrogen) atoms. The minimum Gasteiger partial charge on any atom is -0.455 e. The molecule has 8 heteroatoms. The first kappa shape index (κ1) is 20.0. The van der Waals surface area contributed by atoms with Crippen molar-refractivity contribution in [3.63, 3.8) is 0 Å². The number of hydrogen-bond acceptors (Lipinski definition) is 6. The van der Waals surface area contributed by atoms with E-state index < -0.39 is 17.8 Å². The van der Waals surface area contributed by atoms with Gasteiger partial charge in [-0.1, -0.05) is 6.07 Å². The second kappa shape index (κ2) is 8.59. The molecule has 6 nitrogen and oxygen atoms in total. The highest BCUT2D eigenvalue weighted by Gasteiger charge is 2.26. The van der Waals surface area contributed by atoms with Gasteiger partial charge in [0.15, 0.2) is 6.61 Å². The molecule has 152 valence electrons. The lowest BCUT2D eigenvalue weighted by Crippen LogP contribution is -2.23. The highest BCUT2D eigenvalue weighted by Crippen LogP contribution is 2.38. The monoisotopic (exact) mass is 430 g/mol. The van der Waals surface area contributed by atoms with Crippen LogP contribution in [-0.4, -0.2) is 30.1 Å². The highest BCUT2D eigenvalue weighted by atomic mass is 32.2. The molecule has 0 unspecified atom stereocenters. The summed E-state index contributed by atoms with van der Waals surface area (Å²) in [5, 5.41) is 3.13. The van der Waals surface area contributed by atoms with Gasteiger partial charge in [0.2, 0.25) is 0 Å². The molecule has 1 heterocycles. The van der Waals surface area contributed by atoms with Crippen LogP contribution in [0.1, 0.15) is 44.8 Å². The van der Waals surface area contributed by atoms with Gasteiger partial charge in [-0.3, -0.25) is 14.4 Å². The summed E-state index contributed by atoms with van der Waals surface area (Å²) in [5.74, 6) is -1.31. The van der Waals surface area contributed by atoms with E-state index in [9.17, 15) is 14.4 Å². The number of hydrogen-bond donors (Lipinski definition) is 2. The predicted molar refractivity (Wildman–Crippen MR) is 114 cm³/mol. The standard InChI is InChI=1S/C21H22N2O4S2/c22-20(26)19-15-5-2-6-16(15)29-21(19)23-17(24)10-27-18(25)11-28-14-8-7-12-3-1-4-13(12)9-14/h7-9H,1-6,10-11H2,(H2,22,26)(H,23,24).